The van der Waals surface area contributed by atoms with E-state index in [9.17, 15) is 13.6 Å². The van der Waals surface area contributed by atoms with Crippen LogP contribution >= 0.6 is 0 Å². The third kappa shape index (κ3) is 2.18. The Bertz CT molecular complexity index is 418. The van der Waals surface area contributed by atoms with Crippen molar-refractivity contribution in [2.45, 2.75) is 12.8 Å². The van der Waals surface area contributed by atoms with Crippen LogP contribution in [0.2, 0.25) is 0 Å². The Hall–Kier alpha value is -1.78. The van der Waals surface area contributed by atoms with Gasteiger partial charge in [0.2, 0.25) is 0 Å². The number of rotatable bonds is 3. The molecular weight excluding hydrogens is 204 g/mol. The van der Waals surface area contributed by atoms with Crippen LogP contribution in [0.15, 0.2) is 18.2 Å². The summed E-state index contributed by atoms with van der Waals surface area (Å²) < 4.78 is 26.0. The summed E-state index contributed by atoms with van der Waals surface area (Å²) in [6.45, 7) is 1.34. The lowest BCUT2D eigenvalue weighted by molar-refractivity contribution is -0.129. The van der Waals surface area contributed by atoms with E-state index in [1.54, 1.807) is 0 Å². The minimum Gasteiger partial charge on any atom is -0.477 e. The van der Waals surface area contributed by atoms with Crippen LogP contribution in [-0.4, -0.2) is 16.8 Å². The lowest BCUT2D eigenvalue weighted by atomic mass is 9.95. The zero-order valence-electron chi connectivity index (χ0n) is 7.92. The molecule has 2 N–H and O–H groups in total. The average molecular weight is 213 g/mol. The van der Waals surface area contributed by atoms with Crippen molar-refractivity contribution in [2.75, 3.05) is 0 Å². The predicted molar refractivity (Wildman–Crippen MR) is 50.1 cm³/mol. The van der Waals surface area contributed by atoms with Gasteiger partial charge in [0.05, 0.1) is 0 Å². The van der Waals surface area contributed by atoms with E-state index in [-0.39, 0.29) is 5.56 Å². The normalized spacial score (nSPS) is 12.2. The summed E-state index contributed by atoms with van der Waals surface area (Å²) in [5, 5.41) is 15.7. The van der Waals surface area contributed by atoms with Gasteiger partial charge in [-0.3, -0.25) is 5.41 Å². The first-order chi connectivity index (χ1) is 6.95. The molecule has 5 heteroatoms. The zero-order valence-corrected chi connectivity index (χ0v) is 7.92. The molecule has 1 unspecified atom stereocenters. The second kappa shape index (κ2) is 4.16. The van der Waals surface area contributed by atoms with Crippen molar-refractivity contribution in [1.82, 2.24) is 0 Å². The van der Waals surface area contributed by atoms with Crippen molar-refractivity contribution < 1.29 is 18.7 Å². The van der Waals surface area contributed by atoms with E-state index >= 15 is 0 Å². The van der Waals surface area contributed by atoms with Crippen LogP contribution < -0.4 is 0 Å². The SMILES string of the molecule is CC(C(=N)C(=O)O)c1cccc(F)c1F. The number of carboxylic acids is 1. The van der Waals surface area contributed by atoms with Crippen molar-refractivity contribution in [3.63, 3.8) is 0 Å². The quantitative estimate of drug-likeness (QED) is 0.756. The standard InChI is InChI=1S/C10H9F2NO2/c1-5(9(13)10(14)15)6-3-2-4-7(11)8(6)12/h2-5,13H,1H3,(H,14,15). The fourth-order valence-electron chi connectivity index (χ4n) is 1.20. The number of hydrogen-bond donors (Lipinski definition) is 2. The molecule has 0 aliphatic rings. The molecule has 0 fully saturated rings. The molecule has 0 aliphatic heterocycles. The van der Waals surface area contributed by atoms with E-state index in [2.05, 4.69) is 0 Å². The number of aliphatic carboxylic acids is 1. The highest BCUT2D eigenvalue weighted by Crippen LogP contribution is 2.21. The number of nitrogens with one attached hydrogen (secondary N) is 1. The minimum atomic E-state index is -1.44. The highest BCUT2D eigenvalue weighted by Gasteiger charge is 2.22. The molecule has 1 aromatic rings. The van der Waals surface area contributed by atoms with Crippen molar-refractivity contribution >= 4 is 11.7 Å². The summed E-state index contributed by atoms with van der Waals surface area (Å²) in [6, 6.07) is 3.48. The molecule has 1 rings (SSSR count). The van der Waals surface area contributed by atoms with Crippen molar-refractivity contribution in [3.8, 4) is 0 Å². The second-order valence-corrected chi connectivity index (χ2v) is 3.08. The molecular formula is C10H9F2NO2. The van der Waals surface area contributed by atoms with Gasteiger partial charge in [-0.05, 0) is 11.6 Å². The summed E-state index contributed by atoms with van der Waals surface area (Å²) in [7, 11) is 0. The lowest BCUT2D eigenvalue weighted by Gasteiger charge is -2.11. The Morgan fingerprint density at radius 2 is 2.07 bits per heavy atom. The van der Waals surface area contributed by atoms with Gasteiger partial charge < -0.3 is 5.11 Å². The van der Waals surface area contributed by atoms with Crippen LogP contribution in [-0.2, 0) is 4.79 Å². The molecule has 0 saturated heterocycles. The topological polar surface area (TPSA) is 61.2 Å². The van der Waals surface area contributed by atoms with Crippen LogP contribution in [0.1, 0.15) is 18.4 Å². The van der Waals surface area contributed by atoms with Gasteiger partial charge in [-0.2, -0.15) is 0 Å². The van der Waals surface area contributed by atoms with Gasteiger partial charge in [0, 0.05) is 5.92 Å². The Kier molecular flexibility index (Phi) is 3.14. The van der Waals surface area contributed by atoms with Gasteiger partial charge in [-0.25, -0.2) is 13.6 Å². The van der Waals surface area contributed by atoms with E-state index in [4.69, 9.17) is 10.5 Å². The summed E-state index contributed by atoms with van der Waals surface area (Å²) in [5.74, 6) is -4.56. The highest BCUT2D eigenvalue weighted by molar-refractivity contribution is 6.36. The first-order valence-electron chi connectivity index (χ1n) is 4.20. The van der Waals surface area contributed by atoms with Crippen LogP contribution in [0.4, 0.5) is 8.78 Å². The maximum absolute atomic E-state index is 13.2. The number of hydrogen-bond acceptors (Lipinski definition) is 2. The fourth-order valence-corrected chi connectivity index (χ4v) is 1.20. The van der Waals surface area contributed by atoms with Gasteiger partial charge in [-0.1, -0.05) is 19.1 Å². The van der Waals surface area contributed by atoms with Crippen molar-refractivity contribution in [1.29, 1.82) is 5.41 Å². The van der Waals surface area contributed by atoms with Crippen LogP contribution in [0.3, 0.4) is 0 Å². The highest BCUT2D eigenvalue weighted by atomic mass is 19.2. The molecule has 15 heavy (non-hydrogen) atoms. The van der Waals surface area contributed by atoms with Gasteiger partial charge in [0.15, 0.2) is 11.6 Å². The molecule has 0 aromatic heterocycles. The second-order valence-electron chi connectivity index (χ2n) is 3.08. The largest absolute Gasteiger partial charge is 0.477 e. The third-order valence-electron chi connectivity index (χ3n) is 2.11. The smallest absolute Gasteiger partial charge is 0.350 e. The van der Waals surface area contributed by atoms with E-state index in [1.807, 2.05) is 0 Å². The van der Waals surface area contributed by atoms with Gasteiger partial charge >= 0.3 is 5.97 Å². The van der Waals surface area contributed by atoms with Crippen LogP contribution in [0, 0.1) is 17.0 Å². The van der Waals surface area contributed by atoms with Crippen molar-refractivity contribution in [2.24, 2.45) is 0 Å². The van der Waals surface area contributed by atoms with E-state index in [1.165, 1.54) is 19.1 Å². The van der Waals surface area contributed by atoms with Gasteiger partial charge in [0.25, 0.3) is 0 Å². The average Bonchev–Trinajstić information content (AvgIpc) is 2.20. The van der Waals surface area contributed by atoms with E-state index in [0.29, 0.717) is 0 Å². The number of carboxylic acid groups (broad SMARTS) is 1. The maximum Gasteiger partial charge on any atom is 0.350 e. The third-order valence-corrected chi connectivity index (χ3v) is 2.11. The lowest BCUT2D eigenvalue weighted by Crippen LogP contribution is -2.19. The molecule has 0 radical (unpaired) electrons. The Morgan fingerprint density at radius 1 is 1.47 bits per heavy atom. The van der Waals surface area contributed by atoms with E-state index in [0.717, 1.165) is 6.07 Å². The summed E-state index contributed by atoms with van der Waals surface area (Å²) in [4.78, 5) is 10.5. The molecule has 1 aromatic carbocycles. The molecule has 0 aliphatic carbocycles. The predicted octanol–water partition coefficient (Wildman–Crippen LogP) is 2.17. The molecule has 0 heterocycles. The van der Waals surface area contributed by atoms with Crippen molar-refractivity contribution in [3.05, 3.63) is 35.4 Å². The molecule has 0 bridgehead atoms. The minimum absolute atomic E-state index is 0.123. The van der Waals surface area contributed by atoms with E-state index < -0.39 is 29.2 Å². The maximum atomic E-state index is 13.2. The number of halogens is 2. The Balaban J connectivity index is 3.12. The zero-order chi connectivity index (χ0) is 11.6. The molecule has 3 nitrogen and oxygen atoms in total. The molecule has 0 saturated carbocycles. The van der Waals surface area contributed by atoms with Crippen LogP contribution in [0.5, 0.6) is 0 Å². The van der Waals surface area contributed by atoms with Gasteiger partial charge in [-0.15, -0.1) is 0 Å². The first-order valence-corrected chi connectivity index (χ1v) is 4.20. The summed E-state index contributed by atoms with van der Waals surface area (Å²) >= 11 is 0. The Labute approximate surface area is 84.9 Å². The fraction of sp³-hybridized carbons (Fsp3) is 0.200. The Morgan fingerprint density at radius 3 is 2.60 bits per heavy atom. The molecule has 1 atom stereocenters. The first kappa shape index (κ1) is 11.3. The molecule has 0 spiro atoms. The van der Waals surface area contributed by atoms with Crippen LogP contribution in [0.25, 0.3) is 0 Å². The number of benzene rings is 1. The molecule has 80 valence electrons. The molecule has 0 amide bonds. The summed E-state index contributed by atoms with van der Waals surface area (Å²) in [5.41, 5.74) is -0.790. The number of carbonyl (C=O) groups is 1. The summed E-state index contributed by atoms with van der Waals surface area (Å²) in [6.07, 6.45) is 0. The van der Waals surface area contributed by atoms with Gasteiger partial charge in [0.1, 0.15) is 5.71 Å². The monoisotopic (exact) mass is 213 g/mol.